The molecule has 0 spiro atoms. The van der Waals surface area contributed by atoms with Crippen LogP contribution < -0.4 is 5.32 Å². The van der Waals surface area contributed by atoms with Crippen LogP contribution in [0.4, 0.5) is 0 Å². The fraction of sp³-hybridized carbons (Fsp3) is 0.286. The topological polar surface area (TPSA) is 79.2 Å². The van der Waals surface area contributed by atoms with E-state index in [0.29, 0.717) is 21.9 Å². The van der Waals surface area contributed by atoms with Crippen LogP contribution in [0, 0.1) is 17.2 Å². The Morgan fingerprint density at radius 3 is 2.56 bits per heavy atom. The maximum absolute atomic E-state index is 12.5. The van der Waals surface area contributed by atoms with Crippen molar-refractivity contribution in [2.45, 2.75) is 35.6 Å². The number of nitriles is 1. The summed E-state index contributed by atoms with van der Waals surface area (Å²) >= 11 is 1.33. The van der Waals surface area contributed by atoms with Gasteiger partial charge < -0.3 is 10.1 Å². The van der Waals surface area contributed by atoms with Crippen molar-refractivity contribution in [3.8, 4) is 6.07 Å². The van der Waals surface area contributed by atoms with Crippen LogP contribution in [0.3, 0.4) is 0 Å². The van der Waals surface area contributed by atoms with Gasteiger partial charge in [-0.3, -0.25) is 4.79 Å². The lowest BCUT2D eigenvalue weighted by Gasteiger charge is -2.13. The van der Waals surface area contributed by atoms with Gasteiger partial charge in [0.05, 0.1) is 11.1 Å². The molecule has 0 aromatic heterocycles. The summed E-state index contributed by atoms with van der Waals surface area (Å²) in [6, 6.07) is 16.5. The second kappa shape index (κ2) is 8.74. The predicted molar refractivity (Wildman–Crippen MR) is 102 cm³/mol. The summed E-state index contributed by atoms with van der Waals surface area (Å²) in [7, 11) is 0. The average Bonchev–Trinajstić information content (AvgIpc) is 3.52. The fourth-order valence-corrected chi connectivity index (χ4v) is 3.72. The molecule has 1 saturated carbocycles. The molecule has 2 aromatic carbocycles. The Hall–Kier alpha value is -2.78. The summed E-state index contributed by atoms with van der Waals surface area (Å²) in [6.45, 7) is 1.67. The maximum atomic E-state index is 12.5. The van der Waals surface area contributed by atoms with E-state index in [-0.39, 0.29) is 18.6 Å². The Balaban J connectivity index is 1.65. The standard InChI is InChI=1S/C21H20N2O3S/c1-14(15-10-11-15)23-20(24)13-26-21(25)17-7-3-5-9-19(17)27-18-8-4-2-6-16(18)12-22/h2-9,14-15H,10-11,13H2,1H3,(H,23,24)/t14-/m1/s1. The molecule has 0 radical (unpaired) electrons. The zero-order valence-corrected chi connectivity index (χ0v) is 15.8. The Kier molecular flexibility index (Phi) is 6.15. The summed E-state index contributed by atoms with van der Waals surface area (Å²) in [5, 5.41) is 12.1. The number of hydrogen-bond acceptors (Lipinski definition) is 5. The molecule has 1 N–H and O–H groups in total. The molecule has 5 nitrogen and oxygen atoms in total. The van der Waals surface area contributed by atoms with Crippen LogP contribution in [0.15, 0.2) is 58.3 Å². The molecule has 0 saturated heterocycles. The number of carbonyl (C=O) groups is 2. The van der Waals surface area contributed by atoms with Gasteiger partial charge in [0.1, 0.15) is 6.07 Å². The van der Waals surface area contributed by atoms with Crippen LogP contribution in [0.25, 0.3) is 0 Å². The van der Waals surface area contributed by atoms with Gasteiger partial charge in [0.2, 0.25) is 0 Å². The molecular formula is C21H20N2O3S. The van der Waals surface area contributed by atoms with Crippen LogP contribution >= 0.6 is 11.8 Å². The molecule has 1 amide bonds. The predicted octanol–water partition coefficient (Wildman–Crippen LogP) is 3.78. The van der Waals surface area contributed by atoms with E-state index >= 15 is 0 Å². The van der Waals surface area contributed by atoms with E-state index in [0.717, 1.165) is 17.7 Å². The number of esters is 1. The lowest BCUT2D eigenvalue weighted by molar-refractivity contribution is -0.125. The van der Waals surface area contributed by atoms with Gasteiger partial charge in [-0.1, -0.05) is 36.0 Å². The molecule has 27 heavy (non-hydrogen) atoms. The number of hydrogen-bond donors (Lipinski definition) is 1. The highest BCUT2D eigenvalue weighted by Gasteiger charge is 2.29. The highest BCUT2D eigenvalue weighted by atomic mass is 32.2. The van der Waals surface area contributed by atoms with E-state index in [1.54, 1.807) is 30.3 Å². The van der Waals surface area contributed by atoms with Crippen LogP contribution in [-0.4, -0.2) is 24.5 Å². The maximum Gasteiger partial charge on any atom is 0.339 e. The Morgan fingerprint density at radius 1 is 1.19 bits per heavy atom. The Bertz CT molecular complexity index is 887. The molecule has 1 fully saturated rings. The number of carbonyl (C=O) groups excluding carboxylic acids is 2. The molecule has 2 aromatic rings. The number of rotatable bonds is 7. The molecule has 0 aliphatic heterocycles. The lowest BCUT2D eigenvalue weighted by atomic mass is 10.2. The minimum absolute atomic E-state index is 0.113. The second-order valence-corrected chi connectivity index (χ2v) is 7.56. The highest BCUT2D eigenvalue weighted by Crippen LogP contribution is 2.33. The summed E-state index contributed by atoms with van der Waals surface area (Å²) in [4.78, 5) is 25.9. The van der Waals surface area contributed by atoms with Crippen molar-refractivity contribution < 1.29 is 14.3 Å². The average molecular weight is 380 g/mol. The zero-order chi connectivity index (χ0) is 19.2. The number of amides is 1. The normalized spacial score (nSPS) is 14.1. The van der Waals surface area contributed by atoms with E-state index in [2.05, 4.69) is 11.4 Å². The zero-order valence-electron chi connectivity index (χ0n) is 15.0. The van der Waals surface area contributed by atoms with Crippen molar-refractivity contribution in [2.75, 3.05) is 6.61 Å². The Labute approximate surface area is 162 Å². The van der Waals surface area contributed by atoms with E-state index in [1.807, 2.05) is 25.1 Å². The van der Waals surface area contributed by atoms with Crippen LogP contribution in [0.5, 0.6) is 0 Å². The first-order chi connectivity index (χ1) is 13.1. The largest absolute Gasteiger partial charge is 0.452 e. The summed E-state index contributed by atoms with van der Waals surface area (Å²) in [6.07, 6.45) is 2.27. The Morgan fingerprint density at radius 2 is 1.85 bits per heavy atom. The number of nitrogens with zero attached hydrogens (tertiary/aromatic N) is 1. The minimum Gasteiger partial charge on any atom is -0.452 e. The third kappa shape index (κ3) is 5.11. The molecule has 3 rings (SSSR count). The first-order valence-corrected chi connectivity index (χ1v) is 9.62. The van der Waals surface area contributed by atoms with Crippen molar-refractivity contribution >= 4 is 23.6 Å². The van der Waals surface area contributed by atoms with Crippen LogP contribution in [0.1, 0.15) is 35.7 Å². The molecule has 1 atom stereocenters. The summed E-state index contributed by atoms with van der Waals surface area (Å²) < 4.78 is 5.20. The summed E-state index contributed by atoms with van der Waals surface area (Å²) in [5.74, 6) is -0.300. The van der Waals surface area contributed by atoms with E-state index in [1.165, 1.54) is 11.8 Å². The van der Waals surface area contributed by atoms with Gasteiger partial charge in [0.25, 0.3) is 5.91 Å². The van der Waals surface area contributed by atoms with Crippen molar-refractivity contribution in [1.82, 2.24) is 5.32 Å². The van der Waals surface area contributed by atoms with Gasteiger partial charge in [0, 0.05) is 15.8 Å². The molecule has 1 aliphatic rings. The van der Waals surface area contributed by atoms with Gasteiger partial charge in [-0.15, -0.1) is 0 Å². The molecule has 138 valence electrons. The monoisotopic (exact) mass is 380 g/mol. The van der Waals surface area contributed by atoms with Gasteiger partial charge in [-0.05, 0) is 49.9 Å². The van der Waals surface area contributed by atoms with Crippen molar-refractivity contribution in [3.05, 3.63) is 59.7 Å². The smallest absolute Gasteiger partial charge is 0.339 e. The fourth-order valence-electron chi connectivity index (χ4n) is 2.71. The first kappa shape index (κ1) is 19.0. The van der Waals surface area contributed by atoms with Crippen LogP contribution in [-0.2, 0) is 9.53 Å². The van der Waals surface area contributed by atoms with Crippen molar-refractivity contribution in [3.63, 3.8) is 0 Å². The van der Waals surface area contributed by atoms with E-state index < -0.39 is 5.97 Å². The number of benzene rings is 2. The van der Waals surface area contributed by atoms with Gasteiger partial charge in [0.15, 0.2) is 6.61 Å². The van der Waals surface area contributed by atoms with Gasteiger partial charge >= 0.3 is 5.97 Å². The van der Waals surface area contributed by atoms with E-state index in [9.17, 15) is 14.9 Å². The molecule has 0 heterocycles. The summed E-state index contributed by atoms with van der Waals surface area (Å²) in [5.41, 5.74) is 0.914. The van der Waals surface area contributed by atoms with Crippen LogP contribution in [0.2, 0.25) is 0 Å². The van der Waals surface area contributed by atoms with E-state index in [4.69, 9.17) is 4.74 Å². The third-order valence-electron chi connectivity index (χ3n) is 4.39. The minimum atomic E-state index is -0.554. The third-order valence-corrected chi connectivity index (χ3v) is 5.54. The van der Waals surface area contributed by atoms with Gasteiger partial charge in [-0.25, -0.2) is 4.79 Å². The number of ether oxygens (including phenoxy) is 1. The second-order valence-electron chi connectivity index (χ2n) is 6.48. The highest BCUT2D eigenvalue weighted by molar-refractivity contribution is 7.99. The van der Waals surface area contributed by atoms with Crippen molar-refractivity contribution in [1.29, 1.82) is 5.26 Å². The molecule has 0 bridgehead atoms. The molecule has 1 aliphatic carbocycles. The molecular weight excluding hydrogens is 360 g/mol. The number of nitrogens with one attached hydrogen (secondary N) is 1. The SMILES string of the molecule is C[C@@H](NC(=O)COC(=O)c1ccccc1Sc1ccccc1C#N)C1CC1. The van der Waals surface area contributed by atoms with Crippen molar-refractivity contribution in [2.24, 2.45) is 5.92 Å². The van der Waals surface area contributed by atoms with Gasteiger partial charge in [-0.2, -0.15) is 5.26 Å². The lowest BCUT2D eigenvalue weighted by Crippen LogP contribution is -2.37. The molecule has 6 heteroatoms. The first-order valence-electron chi connectivity index (χ1n) is 8.81. The quantitative estimate of drug-likeness (QED) is 0.740. The molecule has 0 unspecified atom stereocenters.